The van der Waals surface area contributed by atoms with Crippen molar-refractivity contribution in [2.75, 3.05) is 68.7 Å². The molecule has 7 heteroatoms. The number of nitrogens with zero attached hydrogens (tertiary/aromatic N) is 6. The molecular weight excluding hydrogens is 304 g/mol. The maximum absolute atomic E-state index is 11.5. The van der Waals surface area contributed by atoms with Crippen molar-refractivity contribution in [2.24, 2.45) is 0 Å². The van der Waals surface area contributed by atoms with Gasteiger partial charge in [-0.3, -0.25) is 4.79 Å². The lowest BCUT2D eigenvalue weighted by Gasteiger charge is -2.36. The van der Waals surface area contributed by atoms with E-state index in [1.807, 2.05) is 11.8 Å². The molecule has 2 aliphatic heterocycles. The highest BCUT2D eigenvalue weighted by Gasteiger charge is 2.23. The van der Waals surface area contributed by atoms with Gasteiger partial charge in [-0.05, 0) is 13.5 Å². The predicted octanol–water partition coefficient (Wildman–Crippen LogP) is 0.595. The van der Waals surface area contributed by atoms with Crippen molar-refractivity contribution in [3.8, 4) is 0 Å². The van der Waals surface area contributed by atoms with E-state index in [2.05, 4.69) is 32.7 Å². The van der Waals surface area contributed by atoms with Gasteiger partial charge in [-0.2, -0.15) is 4.98 Å². The fourth-order valence-corrected chi connectivity index (χ4v) is 3.35. The third-order valence-corrected chi connectivity index (χ3v) is 4.98. The third-order valence-electron chi connectivity index (χ3n) is 4.98. The van der Waals surface area contributed by atoms with Crippen LogP contribution in [0.1, 0.15) is 19.5 Å². The van der Waals surface area contributed by atoms with Gasteiger partial charge in [-0.15, -0.1) is 0 Å². The molecule has 0 spiro atoms. The van der Waals surface area contributed by atoms with Gasteiger partial charge in [0, 0.05) is 71.0 Å². The number of carbonyl (C=O) groups excluding carboxylic acids is 1. The number of rotatable bonds is 3. The Kier molecular flexibility index (Phi) is 5.18. The molecule has 0 radical (unpaired) electrons. The number of anilines is 2. The van der Waals surface area contributed by atoms with Crippen molar-refractivity contribution < 1.29 is 4.79 Å². The lowest BCUT2D eigenvalue weighted by molar-refractivity contribution is -0.129. The van der Waals surface area contributed by atoms with Crippen LogP contribution in [0.25, 0.3) is 0 Å². The summed E-state index contributed by atoms with van der Waals surface area (Å²) in [6, 6.07) is 2.08. The molecule has 24 heavy (non-hydrogen) atoms. The molecule has 2 aliphatic rings. The van der Waals surface area contributed by atoms with Crippen LogP contribution in [0.3, 0.4) is 0 Å². The topological polar surface area (TPSA) is 55.8 Å². The van der Waals surface area contributed by atoms with E-state index in [4.69, 9.17) is 4.98 Å². The maximum atomic E-state index is 11.5. The summed E-state index contributed by atoms with van der Waals surface area (Å²) in [5, 5.41) is 0. The summed E-state index contributed by atoms with van der Waals surface area (Å²) in [5.74, 6) is 1.97. The van der Waals surface area contributed by atoms with Gasteiger partial charge in [0.25, 0.3) is 0 Å². The first-order valence-corrected chi connectivity index (χ1v) is 8.90. The van der Waals surface area contributed by atoms with E-state index in [1.54, 1.807) is 6.92 Å². The second kappa shape index (κ2) is 7.34. The number of amides is 1. The number of carbonyl (C=O) groups is 1. The van der Waals surface area contributed by atoms with E-state index in [1.165, 1.54) is 0 Å². The Balaban J connectivity index is 1.69. The SMILES string of the molecule is CCN1CCN(c2cc(C)nc(N3CCN(C(C)=O)CC3)n2)CC1. The van der Waals surface area contributed by atoms with Gasteiger partial charge in [0.15, 0.2) is 0 Å². The van der Waals surface area contributed by atoms with Crippen LogP contribution in [0.2, 0.25) is 0 Å². The molecule has 1 aromatic rings. The fraction of sp³-hybridized carbons (Fsp3) is 0.706. The molecule has 3 heterocycles. The Morgan fingerprint density at radius 3 is 2.21 bits per heavy atom. The molecule has 0 saturated carbocycles. The molecule has 132 valence electrons. The molecule has 0 unspecified atom stereocenters. The van der Waals surface area contributed by atoms with Gasteiger partial charge in [-0.1, -0.05) is 6.92 Å². The van der Waals surface area contributed by atoms with E-state index in [-0.39, 0.29) is 5.91 Å². The summed E-state index contributed by atoms with van der Waals surface area (Å²) in [5.41, 5.74) is 1.00. The number of aryl methyl sites for hydroxylation is 1. The minimum absolute atomic E-state index is 0.147. The number of piperazine rings is 2. The van der Waals surface area contributed by atoms with E-state index in [0.717, 1.165) is 76.4 Å². The van der Waals surface area contributed by atoms with Crippen molar-refractivity contribution in [1.29, 1.82) is 0 Å². The summed E-state index contributed by atoms with van der Waals surface area (Å²) in [4.78, 5) is 29.8. The second-order valence-corrected chi connectivity index (χ2v) is 6.58. The summed E-state index contributed by atoms with van der Waals surface area (Å²) >= 11 is 0. The van der Waals surface area contributed by atoms with Crippen molar-refractivity contribution in [1.82, 2.24) is 19.8 Å². The van der Waals surface area contributed by atoms with Gasteiger partial charge in [0.05, 0.1) is 0 Å². The first-order valence-electron chi connectivity index (χ1n) is 8.90. The number of hydrogen-bond donors (Lipinski definition) is 0. The molecular formula is C17H28N6O. The van der Waals surface area contributed by atoms with Crippen LogP contribution in [-0.2, 0) is 4.79 Å². The highest BCUT2D eigenvalue weighted by molar-refractivity contribution is 5.73. The van der Waals surface area contributed by atoms with E-state index in [9.17, 15) is 4.79 Å². The van der Waals surface area contributed by atoms with E-state index >= 15 is 0 Å². The minimum Gasteiger partial charge on any atom is -0.354 e. The average molecular weight is 332 g/mol. The van der Waals surface area contributed by atoms with Crippen LogP contribution in [0, 0.1) is 6.92 Å². The zero-order chi connectivity index (χ0) is 17.1. The monoisotopic (exact) mass is 332 g/mol. The van der Waals surface area contributed by atoms with Crippen LogP contribution >= 0.6 is 0 Å². The number of aromatic nitrogens is 2. The summed E-state index contributed by atoms with van der Waals surface area (Å²) < 4.78 is 0. The second-order valence-electron chi connectivity index (χ2n) is 6.58. The first-order chi connectivity index (χ1) is 11.6. The molecule has 0 N–H and O–H groups in total. The van der Waals surface area contributed by atoms with Crippen LogP contribution in [0.4, 0.5) is 11.8 Å². The van der Waals surface area contributed by atoms with Gasteiger partial charge in [-0.25, -0.2) is 4.98 Å². The van der Waals surface area contributed by atoms with Gasteiger partial charge in [0.1, 0.15) is 5.82 Å². The van der Waals surface area contributed by atoms with E-state index < -0.39 is 0 Å². The van der Waals surface area contributed by atoms with Gasteiger partial charge >= 0.3 is 0 Å². The Morgan fingerprint density at radius 1 is 1.00 bits per heavy atom. The maximum Gasteiger partial charge on any atom is 0.227 e. The van der Waals surface area contributed by atoms with Gasteiger partial charge < -0.3 is 19.6 Å². The highest BCUT2D eigenvalue weighted by atomic mass is 16.2. The van der Waals surface area contributed by atoms with Gasteiger partial charge in [0.2, 0.25) is 11.9 Å². The van der Waals surface area contributed by atoms with Crippen molar-refractivity contribution in [3.63, 3.8) is 0 Å². The lowest BCUT2D eigenvalue weighted by Crippen LogP contribution is -2.49. The van der Waals surface area contributed by atoms with Crippen LogP contribution < -0.4 is 9.80 Å². The lowest BCUT2D eigenvalue weighted by atomic mass is 10.3. The molecule has 2 fully saturated rings. The van der Waals surface area contributed by atoms with Crippen LogP contribution in [0.15, 0.2) is 6.07 Å². The molecule has 0 atom stereocenters. The number of hydrogen-bond acceptors (Lipinski definition) is 6. The summed E-state index contributed by atoms with van der Waals surface area (Å²) in [6.45, 7) is 14.3. The minimum atomic E-state index is 0.147. The number of likely N-dealkylation sites (N-methyl/N-ethyl adjacent to an activating group) is 1. The van der Waals surface area contributed by atoms with Crippen molar-refractivity contribution in [3.05, 3.63) is 11.8 Å². The first kappa shape index (κ1) is 17.0. The fourth-order valence-electron chi connectivity index (χ4n) is 3.35. The predicted molar refractivity (Wildman–Crippen MR) is 95.6 cm³/mol. The van der Waals surface area contributed by atoms with Crippen LogP contribution in [0.5, 0.6) is 0 Å². The molecule has 0 aliphatic carbocycles. The third kappa shape index (κ3) is 3.77. The van der Waals surface area contributed by atoms with Crippen molar-refractivity contribution >= 4 is 17.7 Å². The molecule has 0 aromatic carbocycles. The molecule has 7 nitrogen and oxygen atoms in total. The average Bonchev–Trinajstić information content (AvgIpc) is 2.61. The standard InChI is InChI=1S/C17H28N6O/c1-4-20-5-7-22(8-6-20)16-13-14(2)18-17(19-16)23-11-9-21(10-12-23)15(3)24/h13H,4-12H2,1-3H3. The molecule has 0 bridgehead atoms. The Hall–Kier alpha value is -1.89. The quantitative estimate of drug-likeness (QED) is 0.808. The molecule has 2 saturated heterocycles. The Morgan fingerprint density at radius 2 is 1.62 bits per heavy atom. The zero-order valence-corrected chi connectivity index (χ0v) is 15.0. The van der Waals surface area contributed by atoms with Crippen LogP contribution in [-0.4, -0.2) is 84.6 Å². The largest absolute Gasteiger partial charge is 0.354 e. The molecule has 3 rings (SSSR count). The highest BCUT2D eigenvalue weighted by Crippen LogP contribution is 2.20. The van der Waals surface area contributed by atoms with E-state index in [0.29, 0.717) is 0 Å². The normalized spacial score (nSPS) is 19.7. The Bertz CT molecular complexity index is 576. The molecule has 1 amide bonds. The molecule has 1 aromatic heterocycles. The Labute approximate surface area is 144 Å². The summed E-state index contributed by atoms with van der Waals surface area (Å²) in [6.07, 6.45) is 0. The smallest absolute Gasteiger partial charge is 0.227 e. The summed E-state index contributed by atoms with van der Waals surface area (Å²) in [7, 11) is 0. The van der Waals surface area contributed by atoms with Crippen molar-refractivity contribution in [2.45, 2.75) is 20.8 Å². The zero-order valence-electron chi connectivity index (χ0n) is 15.0.